The lowest BCUT2D eigenvalue weighted by Crippen LogP contribution is -2.51. The van der Waals surface area contributed by atoms with Gasteiger partial charge in [-0.15, -0.1) is 0 Å². The van der Waals surface area contributed by atoms with Crippen LogP contribution in [0.4, 0.5) is 0 Å². The molecule has 1 aliphatic heterocycles. The van der Waals surface area contributed by atoms with Crippen molar-refractivity contribution in [2.24, 2.45) is 25.4 Å². The number of aryl methyl sites for hydroxylation is 2. The minimum atomic E-state index is -0.287. The van der Waals surface area contributed by atoms with Gasteiger partial charge in [-0.25, -0.2) is 9.78 Å². The highest BCUT2D eigenvalue weighted by Gasteiger charge is 2.40. The minimum Gasteiger partial charge on any atom is -0.380 e. The van der Waals surface area contributed by atoms with Crippen molar-refractivity contribution >= 4 is 11.2 Å². The Kier molecular flexibility index (Phi) is 4.50. The number of nitrogens with zero attached hydrogens (tertiary/aromatic N) is 4. The van der Waals surface area contributed by atoms with Crippen LogP contribution in [0.2, 0.25) is 0 Å². The molecule has 3 heterocycles. The lowest BCUT2D eigenvalue weighted by molar-refractivity contribution is -0.129. The minimum absolute atomic E-state index is 0.0836. The summed E-state index contributed by atoms with van der Waals surface area (Å²) >= 11 is 0. The highest BCUT2D eigenvalue weighted by atomic mass is 16.5. The molecule has 2 aromatic heterocycles. The third-order valence-electron chi connectivity index (χ3n) is 6.32. The monoisotopic (exact) mass is 360 g/mol. The van der Waals surface area contributed by atoms with E-state index in [4.69, 9.17) is 4.74 Å². The first-order chi connectivity index (χ1) is 12.5. The maximum Gasteiger partial charge on any atom is 0.332 e. The average Bonchev–Trinajstić information content (AvgIpc) is 3.01. The van der Waals surface area contributed by atoms with Crippen LogP contribution in [0, 0.1) is 11.3 Å². The highest BCUT2D eigenvalue weighted by molar-refractivity contribution is 5.69. The van der Waals surface area contributed by atoms with Crippen LogP contribution in [0.25, 0.3) is 11.2 Å². The van der Waals surface area contributed by atoms with E-state index in [1.54, 1.807) is 25.0 Å². The van der Waals surface area contributed by atoms with Crippen molar-refractivity contribution in [2.75, 3.05) is 13.2 Å². The quantitative estimate of drug-likeness (QED) is 0.815. The van der Waals surface area contributed by atoms with Crippen LogP contribution in [-0.2, 0) is 25.4 Å². The van der Waals surface area contributed by atoms with Crippen LogP contribution < -0.4 is 11.2 Å². The first-order valence-corrected chi connectivity index (χ1v) is 9.69. The van der Waals surface area contributed by atoms with Gasteiger partial charge in [0.05, 0.1) is 19.5 Å². The van der Waals surface area contributed by atoms with Crippen molar-refractivity contribution in [3.05, 3.63) is 27.2 Å². The zero-order valence-electron chi connectivity index (χ0n) is 15.7. The van der Waals surface area contributed by atoms with Gasteiger partial charge in [-0.1, -0.05) is 32.1 Å². The fraction of sp³-hybridized carbons (Fsp3) is 0.737. The standard InChI is InChI=1S/C19H28N4O3/c1-21-13-20-16-15(21)17(24)23(18(25)22(16)2)10-19(11-26-12-19)9-8-14-6-4-3-5-7-14/h13-14H,3-12H2,1-2H3. The van der Waals surface area contributed by atoms with Gasteiger partial charge in [-0.3, -0.25) is 13.9 Å². The molecule has 1 saturated carbocycles. The van der Waals surface area contributed by atoms with E-state index in [0.717, 1.165) is 12.3 Å². The summed E-state index contributed by atoms with van der Waals surface area (Å²) in [5.41, 5.74) is 0.312. The normalized spacial score (nSPS) is 20.4. The SMILES string of the molecule is Cn1cnc2c1c(=O)n(CC1(CCC3CCCCC3)COC1)c(=O)n2C. The molecule has 1 aliphatic carbocycles. The third kappa shape index (κ3) is 2.92. The molecule has 0 amide bonds. The van der Waals surface area contributed by atoms with E-state index in [1.165, 1.54) is 47.7 Å². The third-order valence-corrected chi connectivity index (χ3v) is 6.32. The lowest BCUT2D eigenvalue weighted by atomic mass is 9.76. The number of aromatic nitrogens is 4. The second-order valence-electron chi connectivity index (χ2n) is 8.30. The topological polar surface area (TPSA) is 71.1 Å². The Bertz CT molecular complexity index is 913. The molecule has 7 nitrogen and oxygen atoms in total. The molecule has 2 aliphatic rings. The van der Waals surface area contributed by atoms with Gasteiger partial charge in [-0.05, 0) is 18.8 Å². The van der Waals surface area contributed by atoms with Crippen LogP contribution in [0.3, 0.4) is 0 Å². The molecule has 26 heavy (non-hydrogen) atoms. The molecule has 0 aromatic carbocycles. The largest absolute Gasteiger partial charge is 0.380 e. The molecule has 0 unspecified atom stereocenters. The summed E-state index contributed by atoms with van der Waals surface area (Å²) in [6, 6.07) is 0. The summed E-state index contributed by atoms with van der Waals surface area (Å²) in [6.07, 6.45) is 10.5. The molecule has 2 fully saturated rings. The van der Waals surface area contributed by atoms with E-state index in [9.17, 15) is 9.59 Å². The Hall–Kier alpha value is -1.89. The van der Waals surface area contributed by atoms with Crippen molar-refractivity contribution in [1.82, 2.24) is 18.7 Å². The summed E-state index contributed by atoms with van der Waals surface area (Å²) in [6.45, 7) is 1.71. The van der Waals surface area contributed by atoms with E-state index in [2.05, 4.69) is 4.98 Å². The van der Waals surface area contributed by atoms with Crippen LogP contribution in [0.15, 0.2) is 15.9 Å². The van der Waals surface area contributed by atoms with E-state index in [-0.39, 0.29) is 16.7 Å². The van der Waals surface area contributed by atoms with E-state index in [1.807, 2.05) is 0 Å². The smallest absolute Gasteiger partial charge is 0.332 e. The first-order valence-electron chi connectivity index (χ1n) is 9.69. The molecule has 0 bridgehead atoms. The van der Waals surface area contributed by atoms with Crippen LogP contribution in [-0.4, -0.2) is 31.9 Å². The number of imidazole rings is 1. The zero-order valence-corrected chi connectivity index (χ0v) is 15.7. The van der Waals surface area contributed by atoms with Gasteiger partial charge in [0.15, 0.2) is 11.2 Å². The summed E-state index contributed by atoms with van der Waals surface area (Å²) < 4.78 is 10.1. The fourth-order valence-corrected chi connectivity index (χ4v) is 4.56. The number of rotatable bonds is 5. The second-order valence-corrected chi connectivity index (χ2v) is 8.30. The maximum atomic E-state index is 13.0. The molecule has 4 rings (SSSR count). The Morgan fingerprint density at radius 3 is 2.58 bits per heavy atom. The van der Waals surface area contributed by atoms with Crippen molar-refractivity contribution in [3.8, 4) is 0 Å². The average molecular weight is 360 g/mol. The van der Waals surface area contributed by atoms with E-state index in [0.29, 0.717) is 30.9 Å². The van der Waals surface area contributed by atoms with Crippen molar-refractivity contribution < 1.29 is 4.74 Å². The lowest BCUT2D eigenvalue weighted by Gasteiger charge is -2.42. The number of hydrogen-bond acceptors (Lipinski definition) is 4. The van der Waals surface area contributed by atoms with E-state index < -0.39 is 0 Å². The fourth-order valence-electron chi connectivity index (χ4n) is 4.56. The van der Waals surface area contributed by atoms with Gasteiger partial charge in [0.1, 0.15) is 0 Å². The highest BCUT2D eigenvalue weighted by Crippen LogP contribution is 2.38. The Morgan fingerprint density at radius 2 is 1.92 bits per heavy atom. The maximum absolute atomic E-state index is 13.0. The summed E-state index contributed by atoms with van der Waals surface area (Å²) in [7, 11) is 3.47. The predicted molar refractivity (Wildman–Crippen MR) is 99.3 cm³/mol. The van der Waals surface area contributed by atoms with Gasteiger partial charge in [0, 0.05) is 26.1 Å². The van der Waals surface area contributed by atoms with Gasteiger partial charge in [0.2, 0.25) is 0 Å². The molecule has 1 saturated heterocycles. The summed E-state index contributed by atoms with van der Waals surface area (Å²) in [4.78, 5) is 29.9. The Balaban J connectivity index is 1.61. The molecule has 142 valence electrons. The Labute approximate surface area is 152 Å². The zero-order chi connectivity index (χ0) is 18.3. The van der Waals surface area contributed by atoms with Crippen molar-refractivity contribution in [3.63, 3.8) is 0 Å². The molecule has 0 spiro atoms. The molecule has 0 atom stereocenters. The molecule has 2 aromatic rings. The first kappa shape index (κ1) is 17.5. The number of ether oxygens (including phenoxy) is 1. The molecule has 0 N–H and O–H groups in total. The van der Waals surface area contributed by atoms with Gasteiger partial charge in [-0.2, -0.15) is 0 Å². The molecule has 7 heteroatoms. The number of hydrogen-bond donors (Lipinski definition) is 0. The van der Waals surface area contributed by atoms with Crippen molar-refractivity contribution in [1.29, 1.82) is 0 Å². The summed E-state index contributed by atoms with van der Waals surface area (Å²) in [5.74, 6) is 0.792. The van der Waals surface area contributed by atoms with Gasteiger partial charge in [0.25, 0.3) is 5.56 Å². The summed E-state index contributed by atoms with van der Waals surface area (Å²) in [5, 5.41) is 0. The van der Waals surface area contributed by atoms with Gasteiger partial charge >= 0.3 is 5.69 Å². The second kappa shape index (κ2) is 6.68. The van der Waals surface area contributed by atoms with E-state index >= 15 is 0 Å². The van der Waals surface area contributed by atoms with Crippen LogP contribution in [0.1, 0.15) is 44.9 Å². The van der Waals surface area contributed by atoms with Crippen LogP contribution >= 0.6 is 0 Å². The Morgan fingerprint density at radius 1 is 1.19 bits per heavy atom. The van der Waals surface area contributed by atoms with Crippen LogP contribution in [0.5, 0.6) is 0 Å². The molecular weight excluding hydrogens is 332 g/mol. The molecule has 0 radical (unpaired) electrons. The van der Waals surface area contributed by atoms with Crippen molar-refractivity contribution in [2.45, 2.75) is 51.5 Å². The van der Waals surface area contributed by atoms with Gasteiger partial charge < -0.3 is 9.30 Å². The number of fused-ring (bicyclic) bond motifs is 1. The molecular formula is C19H28N4O3. The predicted octanol–water partition coefficient (Wildman–Crippen LogP) is 1.81.